The van der Waals surface area contributed by atoms with E-state index in [9.17, 15) is 14.4 Å². The van der Waals surface area contributed by atoms with Crippen molar-refractivity contribution in [1.29, 1.82) is 0 Å². The summed E-state index contributed by atoms with van der Waals surface area (Å²) in [6, 6.07) is 26.0. The number of nitrogens with zero attached hydrogens (tertiary/aromatic N) is 7. The lowest BCUT2D eigenvalue weighted by atomic mass is 9.89. The minimum atomic E-state index is -0.531. The third-order valence-electron chi connectivity index (χ3n) is 15.2. The number of fused-ring (bicyclic) bond motifs is 2. The highest BCUT2D eigenvalue weighted by molar-refractivity contribution is 6.03. The van der Waals surface area contributed by atoms with Crippen LogP contribution >= 0.6 is 0 Å². The van der Waals surface area contributed by atoms with E-state index < -0.39 is 11.6 Å². The summed E-state index contributed by atoms with van der Waals surface area (Å²) in [5, 5.41) is 22.9. The van der Waals surface area contributed by atoms with Crippen molar-refractivity contribution in [2.75, 3.05) is 79.3 Å². The molecule has 0 unspecified atom stereocenters. The smallest absolute Gasteiger partial charge is 0.255 e. The Labute approximate surface area is 457 Å². The molecule has 4 N–H and O–H groups in total. The molecular weight excluding hydrogens is 1010 g/mol. The van der Waals surface area contributed by atoms with E-state index in [2.05, 4.69) is 45.9 Å². The number of aromatic amines is 2. The highest BCUT2D eigenvalue weighted by Crippen LogP contribution is 2.39. The van der Waals surface area contributed by atoms with Gasteiger partial charge in [0.2, 0.25) is 0 Å². The van der Waals surface area contributed by atoms with Gasteiger partial charge in [0.25, 0.3) is 11.8 Å². The topological polar surface area (TPSA) is 196 Å². The molecule has 11 rings (SSSR count). The number of hydrogen-bond donors (Lipinski definition) is 4. The molecule has 0 bridgehead atoms. The minimum absolute atomic E-state index is 0.0703. The summed E-state index contributed by atoms with van der Waals surface area (Å²) in [7, 11) is 9.86. The number of Topliss-reactive ketones (excluding diaryl/α,β-unsaturated/α-hetero) is 1. The van der Waals surface area contributed by atoms with Crippen LogP contribution in [-0.2, 0) is 9.53 Å². The Morgan fingerprint density at radius 2 is 1.06 bits per heavy atom. The number of carbonyl (C=O) groups excluding carboxylic acids is 3. The summed E-state index contributed by atoms with van der Waals surface area (Å²) >= 11 is 0. The SMILES string of the molecule is COc1ccccc1-c1[nH]nc2ncc(-c3cc(F)c(NC4CCC(=O)CC4)c(C(=O)N(C)C)c3)cc12.COc1ccccc1-c1[nH]nc2ncc(-c3cc(F)c(NC4CCC(N5CCOCC5)CC4)c(C(=O)N(C)C)c3)cc12. The van der Waals surface area contributed by atoms with Gasteiger partial charge in [0, 0.05) is 118 Å². The van der Waals surface area contributed by atoms with Crippen LogP contribution in [0.4, 0.5) is 20.2 Å². The second-order valence-electron chi connectivity index (χ2n) is 20.7. The Morgan fingerprint density at radius 3 is 1.51 bits per heavy atom. The molecule has 3 fully saturated rings. The van der Waals surface area contributed by atoms with Crippen LogP contribution in [-0.4, -0.2) is 149 Å². The molecule has 2 aliphatic carbocycles. The fraction of sp³-hybridized carbons (Fsp3) is 0.350. The molecule has 79 heavy (non-hydrogen) atoms. The van der Waals surface area contributed by atoms with Crippen molar-refractivity contribution in [3.8, 4) is 56.3 Å². The van der Waals surface area contributed by atoms with E-state index in [1.807, 2.05) is 60.7 Å². The number of ketones is 1. The average molecular weight is 1070 g/mol. The number of anilines is 2. The van der Waals surface area contributed by atoms with Crippen molar-refractivity contribution in [1.82, 2.24) is 45.1 Å². The molecule has 0 spiro atoms. The standard InChI is InChI=1S/C32H37FN6O3.C28H28FN5O3/c1-38(2)32(40)26-16-20(18-27(33)30(26)35-22-8-10-23(11-9-22)39-12-14-42-15-13-39)21-17-25-29(36-37-31(25)34-19-21)24-6-4-5-7-28(24)41-3;1-34(2)28(36)22-12-16(14-23(29)26(22)31-18-8-10-19(35)11-9-18)17-13-21-25(32-33-27(21)30-15-17)20-6-4-5-7-24(20)37-3/h4-7,16-19,22-23,35H,8-15H2,1-3H3,(H,34,36,37);4-7,12-15,18,31H,8-11H2,1-3H3,(H,30,32,33). The second kappa shape index (κ2) is 23.8. The molecule has 5 heterocycles. The van der Waals surface area contributed by atoms with E-state index in [0.29, 0.717) is 82.3 Å². The number of aromatic nitrogens is 6. The Balaban J connectivity index is 0.000000180. The predicted octanol–water partition coefficient (Wildman–Crippen LogP) is 10.3. The van der Waals surface area contributed by atoms with Crippen LogP contribution in [0.5, 0.6) is 11.5 Å². The zero-order valence-corrected chi connectivity index (χ0v) is 45.3. The Morgan fingerprint density at radius 1 is 0.620 bits per heavy atom. The molecule has 2 amide bonds. The summed E-state index contributed by atoms with van der Waals surface area (Å²) < 4.78 is 48.1. The normalized spacial score (nSPS) is 17.0. The number of halogens is 2. The van der Waals surface area contributed by atoms with Crippen LogP contribution in [0.3, 0.4) is 0 Å². The molecule has 1 saturated heterocycles. The van der Waals surface area contributed by atoms with Gasteiger partial charge in [-0.3, -0.25) is 29.5 Å². The Bertz CT molecular complexity index is 3520. The van der Waals surface area contributed by atoms with Gasteiger partial charge in [-0.1, -0.05) is 24.3 Å². The van der Waals surface area contributed by atoms with Crippen molar-refractivity contribution in [3.05, 3.63) is 120 Å². The lowest BCUT2D eigenvalue weighted by molar-refractivity contribution is -0.120. The highest BCUT2D eigenvalue weighted by Gasteiger charge is 2.30. The van der Waals surface area contributed by atoms with E-state index in [1.54, 1.807) is 66.9 Å². The first-order valence-corrected chi connectivity index (χ1v) is 26.7. The number of rotatable bonds is 13. The van der Waals surface area contributed by atoms with Gasteiger partial charge in [-0.05, 0) is 110 Å². The number of methoxy groups -OCH3 is 2. The highest BCUT2D eigenvalue weighted by atomic mass is 19.1. The molecule has 2 saturated carbocycles. The van der Waals surface area contributed by atoms with Crippen molar-refractivity contribution in [2.24, 2.45) is 0 Å². The molecule has 410 valence electrons. The number of amides is 2. The third kappa shape index (κ3) is 11.6. The van der Waals surface area contributed by atoms with Crippen LogP contribution in [0.1, 0.15) is 72.1 Å². The number of hydrogen-bond acceptors (Lipinski definition) is 13. The summed E-state index contributed by atoms with van der Waals surface area (Å²) in [6.45, 7) is 3.52. The number of para-hydroxylation sites is 2. The number of morpholine rings is 1. The Kier molecular flexibility index (Phi) is 16.3. The van der Waals surface area contributed by atoms with Crippen molar-refractivity contribution in [2.45, 2.75) is 69.5 Å². The first-order chi connectivity index (χ1) is 38.3. The van der Waals surface area contributed by atoms with Gasteiger partial charge in [-0.25, -0.2) is 18.7 Å². The van der Waals surface area contributed by atoms with Gasteiger partial charge < -0.3 is 34.6 Å². The fourth-order valence-corrected chi connectivity index (χ4v) is 10.9. The molecule has 0 radical (unpaired) electrons. The molecule has 1 aliphatic heterocycles. The van der Waals surface area contributed by atoms with Crippen molar-refractivity contribution >= 4 is 51.0 Å². The quantitative estimate of drug-likeness (QED) is 0.0852. The molecular formula is C60H65F2N11O6. The molecule has 4 aromatic carbocycles. The summed E-state index contributed by atoms with van der Waals surface area (Å²) in [5.74, 6) is 0.0423. The molecule has 8 aromatic rings. The maximum absolute atomic E-state index is 15.9. The van der Waals surface area contributed by atoms with E-state index in [4.69, 9.17) is 14.2 Å². The fourth-order valence-electron chi connectivity index (χ4n) is 10.9. The van der Waals surface area contributed by atoms with Crippen LogP contribution in [0.15, 0.2) is 97.3 Å². The number of carbonyl (C=O) groups is 3. The third-order valence-corrected chi connectivity index (χ3v) is 15.2. The molecule has 17 nitrogen and oxygen atoms in total. The first-order valence-electron chi connectivity index (χ1n) is 26.7. The summed E-state index contributed by atoms with van der Waals surface area (Å²) in [4.78, 5) is 52.5. The van der Waals surface area contributed by atoms with Crippen molar-refractivity contribution < 1.29 is 37.4 Å². The van der Waals surface area contributed by atoms with Gasteiger partial charge in [0.05, 0.1) is 61.3 Å². The molecule has 0 atom stereocenters. The van der Waals surface area contributed by atoms with Crippen LogP contribution < -0.4 is 20.1 Å². The van der Waals surface area contributed by atoms with Gasteiger partial charge in [0.1, 0.15) is 28.9 Å². The predicted molar refractivity (Wildman–Crippen MR) is 302 cm³/mol. The van der Waals surface area contributed by atoms with E-state index in [0.717, 1.165) is 85.3 Å². The summed E-state index contributed by atoms with van der Waals surface area (Å²) in [5.41, 5.74) is 7.60. The van der Waals surface area contributed by atoms with Gasteiger partial charge >= 0.3 is 0 Å². The van der Waals surface area contributed by atoms with E-state index >= 15 is 8.78 Å². The first kappa shape index (κ1) is 54.1. The average Bonchev–Trinajstić information content (AvgIpc) is 4.22. The van der Waals surface area contributed by atoms with Crippen LogP contribution in [0.2, 0.25) is 0 Å². The van der Waals surface area contributed by atoms with Crippen LogP contribution in [0.25, 0.3) is 66.8 Å². The maximum Gasteiger partial charge on any atom is 0.255 e. The van der Waals surface area contributed by atoms with Gasteiger partial charge in [0.15, 0.2) is 11.3 Å². The lowest BCUT2D eigenvalue weighted by Crippen LogP contribution is -2.46. The number of H-pyrrole nitrogens is 2. The van der Waals surface area contributed by atoms with Gasteiger partial charge in [-0.15, -0.1) is 0 Å². The molecule has 3 aliphatic rings. The number of pyridine rings is 2. The van der Waals surface area contributed by atoms with E-state index in [1.165, 1.54) is 21.9 Å². The second-order valence-corrected chi connectivity index (χ2v) is 20.7. The minimum Gasteiger partial charge on any atom is -0.496 e. The van der Waals surface area contributed by atoms with Crippen LogP contribution in [0, 0.1) is 11.6 Å². The lowest BCUT2D eigenvalue weighted by Gasteiger charge is -2.39. The number of benzene rings is 4. The van der Waals surface area contributed by atoms with E-state index in [-0.39, 0.29) is 46.6 Å². The maximum atomic E-state index is 15.9. The Hall–Kier alpha value is -8.29. The largest absolute Gasteiger partial charge is 0.496 e. The van der Waals surface area contributed by atoms with Gasteiger partial charge in [-0.2, -0.15) is 10.2 Å². The number of nitrogens with one attached hydrogen (secondary N) is 4. The zero-order valence-electron chi connectivity index (χ0n) is 45.3. The number of ether oxygens (including phenoxy) is 3. The summed E-state index contributed by atoms with van der Waals surface area (Å²) in [6.07, 6.45) is 9.35. The molecule has 19 heteroatoms. The molecule has 4 aromatic heterocycles. The zero-order chi connectivity index (χ0) is 55.3. The monoisotopic (exact) mass is 1070 g/mol. The van der Waals surface area contributed by atoms with Crippen molar-refractivity contribution in [3.63, 3.8) is 0 Å².